The van der Waals surface area contributed by atoms with Crippen molar-refractivity contribution in [3.8, 4) is 0 Å². The van der Waals surface area contributed by atoms with Crippen LogP contribution in [0.1, 0.15) is 28.8 Å². The molecule has 0 radical (unpaired) electrons. The number of hydrogen-bond acceptors (Lipinski definition) is 2. The molecule has 3 heterocycles. The van der Waals surface area contributed by atoms with E-state index in [2.05, 4.69) is 0 Å². The summed E-state index contributed by atoms with van der Waals surface area (Å²) < 4.78 is 47.5. The second-order valence-electron chi connectivity index (χ2n) is 6.98. The first-order valence-electron chi connectivity index (χ1n) is 9.01. The van der Waals surface area contributed by atoms with Crippen LogP contribution in [-0.2, 0) is 4.74 Å². The van der Waals surface area contributed by atoms with Crippen LogP contribution in [0.5, 0.6) is 0 Å². The molecule has 0 spiro atoms. The Kier molecular flexibility index (Phi) is 4.74. The van der Waals surface area contributed by atoms with Crippen molar-refractivity contribution >= 4 is 12.0 Å². The highest BCUT2D eigenvalue weighted by atomic mass is 19.1. The molecule has 2 aromatic carbocycles. The third-order valence-corrected chi connectivity index (χ3v) is 5.39. The van der Waals surface area contributed by atoms with Crippen LogP contribution in [0.4, 0.5) is 13.2 Å². The zero-order valence-corrected chi connectivity index (χ0v) is 14.6. The Hall–Kier alpha value is -2.60. The van der Waals surface area contributed by atoms with Crippen LogP contribution in [0.25, 0.3) is 6.08 Å². The lowest BCUT2D eigenvalue weighted by atomic mass is 9.82. The lowest BCUT2D eigenvalue weighted by molar-refractivity contribution is -0.880. The Bertz CT molecular complexity index is 884. The van der Waals surface area contributed by atoms with E-state index in [4.69, 9.17) is 4.74 Å². The maximum atomic E-state index is 14.1. The van der Waals surface area contributed by atoms with E-state index >= 15 is 0 Å². The molecule has 27 heavy (non-hydrogen) atoms. The van der Waals surface area contributed by atoms with Crippen LogP contribution >= 0.6 is 0 Å². The van der Waals surface area contributed by atoms with Gasteiger partial charge in [0.05, 0.1) is 13.1 Å². The molecule has 0 unspecified atom stereocenters. The summed E-state index contributed by atoms with van der Waals surface area (Å²) in [4.78, 5) is 13.6. The minimum Gasteiger partial charge on any atom is -0.448 e. The van der Waals surface area contributed by atoms with E-state index in [9.17, 15) is 18.0 Å². The largest absolute Gasteiger partial charge is 0.448 e. The molecule has 5 rings (SSSR count). The average molecular weight is 374 g/mol. The molecule has 3 nitrogen and oxygen atoms in total. The van der Waals surface area contributed by atoms with Crippen LogP contribution in [0.2, 0.25) is 0 Å². The standard InChI is InChI=1S/C21H18F3NO2/c22-15-5-2-1-4-14(15)12-18-20(13-8-10-25(18)11-9-13)27-21(26)19-16(23)6-3-7-17(19)24/h1-7,12-13,20H,8-11H2/p+1/b18-12-/t20-/m0/s1. The van der Waals surface area contributed by atoms with Gasteiger partial charge in [-0.05, 0) is 18.2 Å². The first-order valence-corrected chi connectivity index (χ1v) is 9.01. The SMILES string of the molecule is O=C(O[C@@H]1/C(=C/c2ccccc2F)[NH+]2CCC1CC2)c1c(F)cccc1F. The first kappa shape index (κ1) is 17.8. The van der Waals surface area contributed by atoms with E-state index in [0.717, 1.165) is 48.7 Å². The van der Waals surface area contributed by atoms with Crippen molar-refractivity contribution in [2.45, 2.75) is 18.9 Å². The number of fused-ring (bicyclic) bond motifs is 3. The topological polar surface area (TPSA) is 30.7 Å². The summed E-state index contributed by atoms with van der Waals surface area (Å²) in [6.07, 6.45) is 2.78. The smallest absolute Gasteiger partial charge is 0.344 e. The van der Waals surface area contributed by atoms with Gasteiger partial charge in [-0.25, -0.2) is 18.0 Å². The number of carbonyl (C=O) groups is 1. The van der Waals surface area contributed by atoms with Gasteiger partial charge in [0.1, 0.15) is 28.7 Å². The van der Waals surface area contributed by atoms with E-state index in [1.807, 2.05) is 0 Å². The molecule has 3 aliphatic heterocycles. The normalized spacial score (nSPS) is 25.6. The van der Waals surface area contributed by atoms with Crippen LogP contribution < -0.4 is 4.90 Å². The summed E-state index contributed by atoms with van der Waals surface area (Å²) in [6.45, 7) is 1.74. The third-order valence-electron chi connectivity index (χ3n) is 5.39. The van der Waals surface area contributed by atoms with E-state index in [1.54, 1.807) is 24.3 Å². The Morgan fingerprint density at radius 2 is 1.59 bits per heavy atom. The molecule has 6 heteroatoms. The molecule has 0 aromatic heterocycles. The summed E-state index contributed by atoms with van der Waals surface area (Å²) in [5.74, 6) is -3.22. The number of esters is 1. The van der Waals surface area contributed by atoms with Gasteiger partial charge in [-0.2, -0.15) is 0 Å². The number of benzene rings is 2. The highest BCUT2D eigenvalue weighted by Gasteiger charge is 2.45. The van der Waals surface area contributed by atoms with Crippen LogP contribution in [-0.4, -0.2) is 25.2 Å². The lowest BCUT2D eigenvalue weighted by Crippen LogP contribution is -3.14. The number of rotatable bonds is 3. The predicted octanol–water partition coefficient (Wildman–Crippen LogP) is 2.98. The molecule has 0 aliphatic carbocycles. The van der Waals surface area contributed by atoms with Gasteiger partial charge in [0.15, 0.2) is 6.10 Å². The predicted molar refractivity (Wildman–Crippen MR) is 93.4 cm³/mol. The Balaban J connectivity index is 1.67. The molecular weight excluding hydrogens is 355 g/mol. The molecule has 2 aromatic rings. The second kappa shape index (κ2) is 7.19. The highest BCUT2D eigenvalue weighted by Crippen LogP contribution is 2.29. The van der Waals surface area contributed by atoms with E-state index in [0.29, 0.717) is 5.56 Å². The van der Waals surface area contributed by atoms with Crippen LogP contribution in [0, 0.1) is 23.4 Å². The lowest BCUT2D eigenvalue weighted by Gasteiger charge is -2.42. The summed E-state index contributed by atoms with van der Waals surface area (Å²) in [5, 5.41) is 0. The number of carbonyl (C=O) groups excluding carboxylic acids is 1. The highest BCUT2D eigenvalue weighted by molar-refractivity contribution is 5.90. The molecule has 2 bridgehead atoms. The molecule has 1 N–H and O–H groups in total. The summed E-state index contributed by atoms with van der Waals surface area (Å²) >= 11 is 0. The van der Waals surface area contributed by atoms with Gasteiger partial charge in [0.25, 0.3) is 0 Å². The van der Waals surface area contributed by atoms with Gasteiger partial charge >= 0.3 is 5.97 Å². The minimum atomic E-state index is -1.02. The van der Waals surface area contributed by atoms with Crippen LogP contribution in [0.3, 0.4) is 0 Å². The Morgan fingerprint density at radius 1 is 0.963 bits per heavy atom. The summed E-state index contributed by atoms with van der Waals surface area (Å²) in [5.41, 5.74) is 0.479. The maximum absolute atomic E-state index is 14.1. The summed E-state index contributed by atoms with van der Waals surface area (Å²) in [7, 11) is 0. The van der Waals surface area contributed by atoms with Crippen molar-refractivity contribution in [2.24, 2.45) is 5.92 Å². The average Bonchev–Trinajstić information content (AvgIpc) is 2.66. The Labute approximate surface area is 155 Å². The van der Waals surface area contributed by atoms with Crippen molar-refractivity contribution < 1.29 is 27.6 Å². The van der Waals surface area contributed by atoms with Crippen molar-refractivity contribution in [2.75, 3.05) is 13.1 Å². The van der Waals surface area contributed by atoms with Crippen molar-refractivity contribution in [3.05, 3.63) is 76.7 Å². The van der Waals surface area contributed by atoms with Crippen molar-refractivity contribution in [1.82, 2.24) is 0 Å². The first-order chi connectivity index (χ1) is 13.0. The molecule has 3 fully saturated rings. The number of hydrogen-bond donors (Lipinski definition) is 1. The van der Waals surface area contributed by atoms with Crippen LogP contribution in [0.15, 0.2) is 48.2 Å². The van der Waals surface area contributed by atoms with Gasteiger partial charge < -0.3 is 9.64 Å². The zero-order valence-electron chi connectivity index (χ0n) is 14.6. The molecule has 140 valence electrons. The van der Waals surface area contributed by atoms with E-state index < -0.39 is 29.3 Å². The van der Waals surface area contributed by atoms with Gasteiger partial charge in [-0.1, -0.05) is 24.3 Å². The van der Waals surface area contributed by atoms with Crippen molar-refractivity contribution in [1.29, 1.82) is 0 Å². The molecule has 3 saturated heterocycles. The molecule has 0 saturated carbocycles. The van der Waals surface area contributed by atoms with Gasteiger partial charge in [0, 0.05) is 30.4 Å². The van der Waals surface area contributed by atoms with E-state index in [-0.39, 0.29) is 11.7 Å². The van der Waals surface area contributed by atoms with Gasteiger partial charge in [-0.15, -0.1) is 0 Å². The molecule has 0 amide bonds. The fourth-order valence-electron chi connectivity index (χ4n) is 4.01. The number of ether oxygens (including phenoxy) is 1. The van der Waals surface area contributed by atoms with Gasteiger partial charge in [0.2, 0.25) is 0 Å². The zero-order chi connectivity index (χ0) is 19.0. The quantitative estimate of drug-likeness (QED) is 0.838. The summed E-state index contributed by atoms with van der Waals surface area (Å²) in [6, 6.07) is 9.61. The number of quaternary nitrogens is 1. The number of halogens is 3. The minimum absolute atomic E-state index is 0.0688. The monoisotopic (exact) mass is 374 g/mol. The van der Waals surface area contributed by atoms with Gasteiger partial charge in [-0.3, -0.25) is 0 Å². The fraction of sp³-hybridized carbons (Fsp3) is 0.286. The molecular formula is C21H19F3NO2+. The van der Waals surface area contributed by atoms with Crippen molar-refractivity contribution in [3.63, 3.8) is 0 Å². The van der Waals surface area contributed by atoms with E-state index in [1.165, 1.54) is 12.1 Å². The maximum Gasteiger partial charge on any atom is 0.344 e. The molecule has 1 atom stereocenters. The Morgan fingerprint density at radius 3 is 2.26 bits per heavy atom. The fourth-order valence-corrected chi connectivity index (χ4v) is 4.01. The number of nitrogens with one attached hydrogen (secondary N) is 1. The number of piperidine rings is 3. The third kappa shape index (κ3) is 3.37. The molecule has 3 aliphatic rings. The second-order valence-corrected chi connectivity index (χ2v) is 6.98.